The number of halogens is 3. The lowest BCUT2D eigenvalue weighted by molar-refractivity contribution is -0.164. The van der Waals surface area contributed by atoms with Crippen LogP contribution in [-0.2, 0) is 21.3 Å². The van der Waals surface area contributed by atoms with E-state index in [4.69, 9.17) is 4.74 Å². The van der Waals surface area contributed by atoms with E-state index in [2.05, 4.69) is 0 Å². The number of ether oxygens (including phenoxy) is 1. The summed E-state index contributed by atoms with van der Waals surface area (Å²) in [6, 6.07) is 10.9. The molecule has 2 rings (SSSR count). The molecule has 3 nitrogen and oxygen atoms in total. The van der Waals surface area contributed by atoms with Gasteiger partial charge in [0.25, 0.3) is 0 Å². The van der Waals surface area contributed by atoms with Gasteiger partial charge >= 0.3 is 12.1 Å². The zero-order valence-corrected chi connectivity index (χ0v) is 13.2. The van der Waals surface area contributed by atoms with Crippen molar-refractivity contribution in [3.8, 4) is 11.1 Å². The van der Waals surface area contributed by atoms with Gasteiger partial charge < -0.3 is 9.84 Å². The van der Waals surface area contributed by atoms with E-state index in [0.29, 0.717) is 5.56 Å². The number of carbonyl (C=O) groups is 1. The van der Waals surface area contributed by atoms with Gasteiger partial charge in [-0.15, -0.1) is 0 Å². The SMILES string of the molecule is CCOC(=O)C(C)(O)c1ccc(-c2ccccc2C(F)(F)F)cc1. The molecule has 24 heavy (non-hydrogen) atoms. The fourth-order valence-electron chi connectivity index (χ4n) is 2.35. The molecule has 6 heteroatoms. The quantitative estimate of drug-likeness (QED) is 0.852. The first kappa shape index (κ1) is 18.0. The van der Waals surface area contributed by atoms with Crippen LogP contribution in [0.5, 0.6) is 0 Å². The summed E-state index contributed by atoms with van der Waals surface area (Å²) in [5, 5.41) is 10.3. The number of hydrogen-bond donors (Lipinski definition) is 1. The van der Waals surface area contributed by atoms with Crippen molar-refractivity contribution in [3.05, 3.63) is 59.7 Å². The van der Waals surface area contributed by atoms with Gasteiger partial charge in [-0.05, 0) is 36.6 Å². The monoisotopic (exact) mass is 338 g/mol. The van der Waals surface area contributed by atoms with Gasteiger partial charge in [0.15, 0.2) is 5.60 Å². The summed E-state index contributed by atoms with van der Waals surface area (Å²) in [4.78, 5) is 11.8. The highest BCUT2D eigenvalue weighted by Crippen LogP contribution is 2.37. The second-order valence-electron chi connectivity index (χ2n) is 5.41. The average molecular weight is 338 g/mol. The van der Waals surface area contributed by atoms with E-state index >= 15 is 0 Å². The van der Waals surface area contributed by atoms with Crippen LogP contribution in [0, 0.1) is 0 Å². The van der Waals surface area contributed by atoms with Gasteiger partial charge in [-0.1, -0.05) is 42.5 Å². The van der Waals surface area contributed by atoms with Gasteiger partial charge in [0.2, 0.25) is 0 Å². The minimum Gasteiger partial charge on any atom is -0.464 e. The maximum atomic E-state index is 13.1. The number of benzene rings is 2. The normalized spacial score (nSPS) is 14.1. The molecule has 1 N–H and O–H groups in total. The lowest BCUT2D eigenvalue weighted by atomic mass is 9.92. The molecular weight excluding hydrogens is 321 g/mol. The average Bonchev–Trinajstić information content (AvgIpc) is 2.54. The summed E-state index contributed by atoms with van der Waals surface area (Å²) in [5.74, 6) is -0.812. The van der Waals surface area contributed by atoms with Crippen LogP contribution in [0.1, 0.15) is 25.0 Å². The van der Waals surface area contributed by atoms with Crippen LogP contribution in [0.25, 0.3) is 11.1 Å². The molecule has 0 spiro atoms. The second kappa shape index (κ2) is 6.65. The number of carbonyl (C=O) groups excluding carboxylic acids is 1. The zero-order valence-electron chi connectivity index (χ0n) is 13.2. The number of alkyl halides is 3. The Morgan fingerprint density at radius 1 is 1.08 bits per heavy atom. The van der Waals surface area contributed by atoms with Gasteiger partial charge in [0.1, 0.15) is 0 Å². The summed E-state index contributed by atoms with van der Waals surface area (Å²) in [6.07, 6.45) is -4.47. The number of aliphatic hydroxyl groups is 1. The van der Waals surface area contributed by atoms with Crippen molar-refractivity contribution in [3.63, 3.8) is 0 Å². The van der Waals surface area contributed by atoms with Crippen LogP contribution in [-0.4, -0.2) is 17.7 Å². The van der Waals surface area contributed by atoms with Crippen molar-refractivity contribution in [2.45, 2.75) is 25.6 Å². The molecule has 0 saturated carbocycles. The highest BCUT2D eigenvalue weighted by molar-refractivity contribution is 5.81. The first-order valence-corrected chi connectivity index (χ1v) is 7.34. The van der Waals surface area contributed by atoms with Crippen molar-refractivity contribution in [2.75, 3.05) is 6.61 Å². The molecule has 1 atom stereocenters. The van der Waals surface area contributed by atoms with Crippen LogP contribution < -0.4 is 0 Å². The van der Waals surface area contributed by atoms with E-state index in [0.717, 1.165) is 6.07 Å². The van der Waals surface area contributed by atoms with E-state index < -0.39 is 23.3 Å². The number of hydrogen-bond acceptors (Lipinski definition) is 3. The van der Waals surface area contributed by atoms with Gasteiger partial charge in [-0.3, -0.25) is 0 Å². The highest BCUT2D eigenvalue weighted by atomic mass is 19.4. The molecule has 0 bridgehead atoms. The first-order valence-electron chi connectivity index (χ1n) is 7.34. The Morgan fingerprint density at radius 2 is 1.67 bits per heavy atom. The van der Waals surface area contributed by atoms with Crippen molar-refractivity contribution < 1.29 is 27.8 Å². The summed E-state index contributed by atoms with van der Waals surface area (Å²) < 4.78 is 44.1. The number of rotatable bonds is 4. The molecule has 0 radical (unpaired) electrons. The van der Waals surface area contributed by atoms with E-state index in [1.165, 1.54) is 49.4 Å². The van der Waals surface area contributed by atoms with Crippen LogP contribution >= 0.6 is 0 Å². The Labute approximate surface area is 137 Å². The molecule has 0 heterocycles. The van der Waals surface area contributed by atoms with Gasteiger partial charge in [0.05, 0.1) is 12.2 Å². The first-order chi connectivity index (χ1) is 11.2. The second-order valence-corrected chi connectivity index (χ2v) is 5.41. The predicted molar refractivity (Wildman–Crippen MR) is 83.1 cm³/mol. The van der Waals surface area contributed by atoms with Gasteiger partial charge in [0, 0.05) is 0 Å². The predicted octanol–water partition coefficient (Wildman–Crippen LogP) is 4.14. The molecular formula is C18H17F3O3. The fraction of sp³-hybridized carbons (Fsp3) is 0.278. The molecule has 128 valence electrons. The Bertz CT molecular complexity index is 719. The highest BCUT2D eigenvalue weighted by Gasteiger charge is 2.35. The lowest BCUT2D eigenvalue weighted by Crippen LogP contribution is -2.34. The third kappa shape index (κ3) is 3.59. The van der Waals surface area contributed by atoms with Crippen LogP contribution in [0.4, 0.5) is 13.2 Å². The van der Waals surface area contributed by atoms with Crippen molar-refractivity contribution >= 4 is 5.97 Å². The smallest absolute Gasteiger partial charge is 0.417 e. The van der Waals surface area contributed by atoms with Crippen molar-refractivity contribution in [2.24, 2.45) is 0 Å². The molecule has 0 fully saturated rings. The van der Waals surface area contributed by atoms with E-state index in [9.17, 15) is 23.1 Å². The molecule has 0 aliphatic carbocycles. The number of esters is 1. The minimum atomic E-state index is -4.47. The Kier molecular flexibility index (Phi) is 4.99. The van der Waals surface area contributed by atoms with E-state index in [1.54, 1.807) is 6.92 Å². The summed E-state index contributed by atoms with van der Waals surface area (Å²) in [7, 11) is 0. The molecule has 0 aliphatic heterocycles. The molecule has 2 aromatic rings. The maximum Gasteiger partial charge on any atom is 0.417 e. The van der Waals surface area contributed by atoms with Crippen LogP contribution in [0.15, 0.2) is 48.5 Å². The third-order valence-corrected chi connectivity index (χ3v) is 3.66. The molecule has 0 aliphatic rings. The zero-order chi connectivity index (χ0) is 18.0. The minimum absolute atomic E-state index is 0.0346. The van der Waals surface area contributed by atoms with Gasteiger partial charge in [-0.2, -0.15) is 13.2 Å². The summed E-state index contributed by atoms with van der Waals surface area (Å²) in [6.45, 7) is 3.01. The standard InChI is InChI=1S/C18H17F3O3/c1-3-24-16(22)17(2,23)13-10-8-12(9-11-13)14-6-4-5-7-15(14)18(19,20)21/h4-11,23H,3H2,1-2H3. The summed E-state index contributed by atoms with van der Waals surface area (Å²) in [5.41, 5.74) is -1.99. The van der Waals surface area contributed by atoms with Crippen LogP contribution in [0.2, 0.25) is 0 Å². The molecule has 2 aromatic carbocycles. The Morgan fingerprint density at radius 3 is 2.21 bits per heavy atom. The maximum absolute atomic E-state index is 13.1. The lowest BCUT2D eigenvalue weighted by Gasteiger charge is -2.22. The van der Waals surface area contributed by atoms with Crippen LogP contribution in [0.3, 0.4) is 0 Å². The molecule has 1 unspecified atom stereocenters. The van der Waals surface area contributed by atoms with Gasteiger partial charge in [-0.25, -0.2) is 4.79 Å². The van der Waals surface area contributed by atoms with E-state index in [1.807, 2.05) is 0 Å². The Balaban J connectivity index is 2.40. The topological polar surface area (TPSA) is 46.5 Å². The third-order valence-electron chi connectivity index (χ3n) is 3.66. The molecule has 0 aromatic heterocycles. The van der Waals surface area contributed by atoms with E-state index in [-0.39, 0.29) is 17.7 Å². The van der Waals surface area contributed by atoms with Crippen molar-refractivity contribution in [1.82, 2.24) is 0 Å². The largest absolute Gasteiger partial charge is 0.464 e. The van der Waals surface area contributed by atoms with Crippen molar-refractivity contribution in [1.29, 1.82) is 0 Å². The molecule has 0 saturated heterocycles. The fourth-order valence-corrected chi connectivity index (χ4v) is 2.35. The molecule has 0 amide bonds. The summed E-state index contributed by atoms with van der Waals surface area (Å²) >= 11 is 0. The Hall–Kier alpha value is -2.34.